The average molecular weight is 329 g/mol. The summed E-state index contributed by atoms with van der Waals surface area (Å²) in [5.41, 5.74) is 8.63. The fraction of sp³-hybridized carbons (Fsp3) is 0.556. The molecule has 0 unspecified atom stereocenters. The van der Waals surface area contributed by atoms with Crippen molar-refractivity contribution >= 4 is 0 Å². The number of benzene rings is 1. The van der Waals surface area contributed by atoms with Gasteiger partial charge in [-0.2, -0.15) is 0 Å². The summed E-state index contributed by atoms with van der Waals surface area (Å²) in [7, 11) is 1.69. The van der Waals surface area contributed by atoms with Crippen LogP contribution in [0.2, 0.25) is 0 Å². The van der Waals surface area contributed by atoms with Gasteiger partial charge >= 0.3 is 0 Å². The lowest BCUT2D eigenvalue weighted by molar-refractivity contribution is 0.179. The molecule has 2 atom stereocenters. The van der Waals surface area contributed by atoms with Crippen LogP contribution >= 0.6 is 0 Å². The number of nitrogens with two attached hydrogens (primary N) is 1. The summed E-state index contributed by atoms with van der Waals surface area (Å²) < 4.78 is 7.14. The first-order valence-corrected chi connectivity index (χ1v) is 8.57. The van der Waals surface area contributed by atoms with E-state index in [0.29, 0.717) is 12.0 Å². The van der Waals surface area contributed by atoms with Crippen LogP contribution in [-0.2, 0) is 6.54 Å². The standard InChI is InChI=1S/C18H27N5O/c1-13(2)23-12-18(20-21-23)15-8-16(19)11-22(10-15)9-14-4-6-17(24-3)7-5-14/h4-7,12-13,15-16H,8-11,19H2,1-3H3/t15-,16+/m1/s1. The van der Waals surface area contributed by atoms with Crippen molar-refractivity contribution in [2.75, 3.05) is 20.2 Å². The van der Waals surface area contributed by atoms with E-state index in [0.717, 1.165) is 37.5 Å². The number of rotatable bonds is 5. The van der Waals surface area contributed by atoms with E-state index < -0.39 is 0 Å². The third kappa shape index (κ3) is 3.94. The normalized spacial score (nSPS) is 22.0. The lowest BCUT2D eigenvalue weighted by Crippen LogP contribution is -2.45. The highest BCUT2D eigenvalue weighted by molar-refractivity contribution is 5.27. The van der Waals surface area contributed by atoms with Crippen molar-refractivity contribution in [3.63, 3.8) is 0 Å². The van der Waals surface area contributed by atoms with Crippen molar-refractivity contribution in [1.82, 2.24) is 19.9 Å². The van der Waals surface area contributed by atoms with Gasteiger partial charge in [-0.1, -0.05) is 17.3 Å². The van der Waals surface area contributed by atoms with Crippen LogP contribution in [0.1, 0.15) is 43.5 Å². The number of nitrogens with zero attached hydrogens (tertiary/aromatic N) is 4. The van der Waals surface area contributed by atoms with Gasteiger partial charge in [0.2, 0.25) is 0 Å². The fourth-order valence-electron chi connectivity index (χ4n) is 3.29. The molecule has 0 spiro atoms. The lowest BCUT2D eigenvalue weighted by Gasteiger charge is -2.35. The molecule has 24 heavy (non-hydrogen) atoms. The van der Waals surface area contributed by atoms with Crippen LogP contribution in [-0.4, -0.2) is 46.1 Å². The van der Waals surface area contributed by atoms with Crippen molar-refractivity contribution in [1.29, 1.82) is 0 Å². The molecule has 2 N–H and O–H groups in total. The number of piperidine rings is 1. The van der Waals surface area contributed by atoms with Crippen molar-refractivity contribution in [3.05, 3.63) is 41.7 Å². The van der Waals surface area contributed by atoms with Gasteiger partial charge in [0.1, 0.15) is 5.75 Å². The van der Waals surface area contributed by atoms with Crippen molar-refractivity contribution in [3.8, 4) is 5.75 Å². The Morgan fingerprint density at radius 1 is 1.25 bits per heavy atom. The molecule has 1 fully saturated rings. The predicted octanol–water partition coefficient (Wildman–Crippen LogP) is 2.18. The summed E-state index contributed by atoms with van der Waals surface area (Å²) in [4.78, 5) is 2.41. The Labute approximate surface area is 143 Å². The van der Waals surface area contributed by atoms with Crippen LogP contribution in [0.15, 0.2) is 30.5 Å². The quantitative estimate of drug-likeness (QED) is 0.910. The van der Waals surface area contributed by atoms with Gasteiger partial charge in [0, 0.05) is 43.8 Å². The maximum absolute atomic E-state index is 6.30. The van der Waals surface area contributed by atoms with E-state index in [1.165, 1.54) is 5.56 Å². The maximum Gasteiger partial charge on any atom is 0.118 e. The molecule has 2 aromatic rings. The Morgan fingerprint density at radius 3 is 2.62 bits per heavy atom. The predicted molar refractivity (Wildman–Crippen MR) is 94.0 cm³/mol. The zero-order valence-corrected chi connectivity index (χ0v) is 14.7. The zero-order valence-electron chi connectivity index (χ0n) is 14.7. The zero-order chi connectivity index (χ0) is 17.1. The number of aromatic nitrogens is 3. The highest BCUT2D eigenvalue weighted by Crippen LogP contribution is 2.26. The summed E-state index contributed by atoms with van der Waals surface area (Å²) in [6.07, 6.45) is 3.04. The highest BCUT2D eigenvalue weighted by Gasteiger charge is 2.28. The molecule has 0 bridgehead atoms. The van der Waals surface area contributed by atoms with Gasteiger partial charge in [-0.15, -0.1) is 5.10 Å². The van der Waals surface area contributed by atoms with Crippen LogP contribution in [0.4, 0.5) is 0 Å². The maximum atomic E-state index is 6.30. The van der Waals surface area contributed by atoms with Crippen LogP contribution in [0.3, 0.4) is 0 Å². The second-order valence-electron chi connectivity index (χ2n) is 6.95. The second kappa shape index (κ2) is 7.32. The van der Waals surface area contributed by atoms with E-state index in [9.17, 15) is 0 Å². The molecule has 6 nitrogen and oxygen atoms in total. The molecule has 1 aliphatic rings. The Balaban J connectivity index is 1.67. The number of methoxy groups -OCH3 is 1. The molecular weight excluding hydrogens is 302 g/mol. The fourth-order valence-corrected chi connectivity index (χ4v) is 3.29. The first-order chi connectivity index (χ1) is 11.5. The Bertz CT molecular complexity index is 652. The van der Waals surface area contributed by atoms with E-state index in [-0.39, 0.29) is 6.04 Å². The Morgan fingerprint density at radius 2 is 2.00 bits per heavy atom. The summed E-state index contributed by atoms with van der Waals surface area (Å²) in [6, 6.07) is 8.74. The average Bonchev–Trinajstić information content (AvgIpc) is 3.05. The van der Waals surface area contributed by atoms with Gasteiger partial charge in [-0.3, -0.25) is 4.90 Å². The third-order valence-electron chi connectivity index (χ3n) is 4.60. The van der Waals surface area contributed by atoms with Gasteiger partial charge in [-0.05, 0) is 38.0 Å². The molecular formula is C18H27N5O. The number of hydrogen-bond acceptors (Lipinski definition) is 5. The molecule has 1 aromatic carbocycles. The molecule has 2 heterocycles. The van der Waals surface area contributed by atoms with Crippen LogP contribution in [0.25, 0.3) is 0 Å². The molecule has 0 saturated carbocycles. The molecule has 0 aliphatic carbocycles. The lowest BCUT2D eigenvalue weighted by atomic mass is 9.92. The minimum Gasteiger partial charge on any atom is -0.497 e. The third-order valence-corrected chi connectivity index (χ3v) is 4.60. The SMILES string of the molecule is COc1ccc(CN2C[C@@H](N)C[C@@H](c3cn(C(C)C)nn3)C2)cc1. The van der Waals surface area contributed by atoms with Crippen molar-refractivity contribution < 1.29 is 4.74 Å². The summed E-state index contributed by atoms with van der Waals surface area (Å²) in [5, 5.41) is 8.61. The summed E-state index contributed by atoms with van der Waals surface area (Å²) >= 11 is 0. The van der Waals surface area contributed by atoms with E-state index in [4.69, 9.17) is 10.5 Å². The molecule has 0 amide bonds. The van der Waals surface area contributed by atoms with Gasteiger partial charge in [0.15, 0.2) is 0 Å². The highest BCUT2D eigenvalue weighted by atomic mass is 16.5. The Hall–Kier alpha value is -1.92. The van der Waals surface area contributed by atoms with E-state index in [1.807, 2.05) is 16.8 Å². The molecule has 130 valence electrons. The van der Waals surface area contributed by atoms with Crippen molar-refractivity contribution in [2.24, 2.45) is 5.73 Å². The first kappa shape index (κ1) is 16.9. The molecule has 6 heteroatoms. The van der Waals surface area contributed by atoms with E-state index in [2.05, 4.69) is 47.4 Å². The molecule has 1 aromatic heterocycles. The minimum absolute atomic E-state index is 0.172. The monoisotopic (exact) mass is 329 g/mol. The van der Waals surface area contributed by atoms with Crippen molar-refractivity contribution in [2.45, 2.75) is 44.8 Å². The summed E-state index contributed by atoms with van der Waals surface area (Å²) in [6.45, 7) is 7.01. The van der Waals surface area contributed by atoms with Gasteiger partial charge in [0.05, 0.1) is 12.8 Å². The van der Waals surface area contributed by atoms with E-state index >= 15 is 0 Å². The number of likely N-dealkylation sites (tertiary alicyclic amines) is 1. The number of ether oxygens (including phenoxy) is 1. The van der Waals surface area contributed by atoms with E-state index in [1.54, 1.807) is 7.11 Å². The first-order valence-electron chi connectivity index (χ1n) is 8.57. The van der Waals surface area contributed by atoms with Gasteiger partial charge in [0.25, 0.3) is 0 Å². The second-order valence-corrected chi connectivity index (χ2v) is 6.95. The largest absolute Gasteiger partial charge is 0.497 e. The van der Waals surface area contributed by atoms with Gasteiger partial charge in [-0.25, -0.2) is 4.68 Å². The van der Waals surface area contributed by atoms with Crippen LogP contribution in [0.5, 0.6) is 5.75 Å². The minimum atomic E-state index is 0.172. The molecule has 3 rings (SSSR count). The smallest absolute Gasteiger partial charge is 0.118 e. The van der Waals surface area contributed by atoms with Crippen LogP contribution in [0, 0.1) is 0 Å². The molecule has 1 saturated heterocycles. The number of hydrogen-bond donors (Lipinski definition) is 1. The topological polar surface area (TPSA) is 69.2 Å². The molecule has 1 aliphatic heterocycles. The molecule has 0 radical (unpaired) electrons. The Kier molecular flexibility index (Phi) is 5.16. The van der Waals surface area contributed by atoms with Crippen LogP contribution < -0.4 is 10.5 Å². The van der Waals surface area contributed by atoms with Gasteiger partial charge < -0.3 is 10.5 Å². The summed E-state index contributed by atoms with van der Waals surface area (Å²) in [5.74, 6) is 1.23.